The molecule has 0 spiro atoms. The van der Waals surface area contributed by atoms with E-state index in [1.54, 1.807) is 12.1 Å². The van der Waals surface area contributed by atoms with Gasteiger partial charge in [0.15, 0.2) is 0 Å². The summed E-state index contributed by atoms with van der Waals surface area (Å²) in [6, 6.07) is 4.65. The third-order valence-corrected chi connectivity index (χ3v) is 4.31. The van der Waals surface area contributed by atoms with Crippen LogP contribution in [0.25, 0.3) is 0 Å². The molecule has 0 atom stereocenters. The summed E-state index contributed by atoms with van der Waals surface area (Å²) < 4.78 is 25.8. The predicted molar refractivity (Wildman–Crippen MR) is 68.5 cm³/mol. The topological polar surface area (TPSA) is 89.2 Å². The van der Waals surface area contributed by atoms with Gasteiger partial charge in [-0.15, -0.1) is 0 Å². The molecule has 2 N–H and O–H groups in total. The van der Waals surface area contributed by atoms with Crippen LogP contribution in [0.3, 0.4) is 0 Å². The van der Waals surface area contributed by atoms with Crippen LogP contribution in [-0.4, -0.2) is 25.4 Å². The molecule has 0 aliphatic carbocycles. The molecule has 0 aliphatic heterocycles. The fourth-order valence-electron chi connectivity index (χ4n) is 1.45. The van der Waals surface area contributed by atoms with Gasteiger partial charge in [-0.2, -0.15) is 0 Å². The summed E-state index contributed by atoms with van der Waals surface area (Å²) in [5.74, 6) is 0. The largest absolute Gasteiger partial charge is 0.398 e. The molecule has 7 heteroatoms. The smallest absolute Gasteiger partial charge is 0.267 e. The highest BCUT2D eigenvalue weighted by atomic mass is 32.2. The van der Waals surface area contributed by atoms with Crippen LogP contribution in [0, 0.1) is 0 Å². The maximum absolute atomic E-state index is 12.3. The van der Waals surface area contributed by atoms with Crippen molar-refractivity contribution in [3.63, 3.8) is 0 Å². The Hall–Kier alpha value is -2.15. The standard InChI is InChI=1S/C11H12N4O2S/c1-15(9-2-5-13-6-3-9)18(16,17)11-8-14-7-4-10(11)12/h2-8H,1H3,(H2,12,14). The van der Waals surface area contributed by atoms with Crippen LogP contribution in [0.4, 0.5) is 11.4 Å². The lowest BCUT2D eigenvalue weighted by atomic mass is 10.4. The number of hydrogen-bond donors (Lipinski definition) is 1. The average Bonchev–Trinajstić information content (AvgIpc) is 2.39. The van der Waals surface area contributed by atoms with Crippen LogP contribution in [0.2, 0.25) is 0 Å². The number of rotatable bonds is 3. The minimum atomic E-state index is -3.70. The molecule has 0 saturated heterocycles. The summed E-state index contributed by atoms with van der Waals surface area (Å²) in [7, 11) is -2.25. The van der Waals surface area contributed by atoms with Crippen molar-refractivity contribution in [1.29, 1.82) is 0 Å². The van der Waals surface area contributed by atoms with Gasteiger partial charge in [-0.25, -0.2) is 8.42 Å². The minimum Gasteiger partial charge on any atom is -0.398 e. The van der Waals surface area contributed by atoms with Gasteiger partial charge < -0.3 is 5.73 Å². The van der Waals surface area contributed by atoms with E-state index in [-0.39, 0.29) is 10.6 Å². The third kappa shape index (κ3) is 2.12. The zero-order chi connectivity index (χ0) is 13.2. The van der Waals surface area contributed by atoms with Crippen LogP contribution in [0.5, 0.6) is 0 Å². The summed E-state index contributed by atoms with van der Waals surface area (Å²) in [6.07, 6.45) is 5.73. The highest BCUT2D eigenvalue weighted by Crippen LogP contribution is 2.24. The lowest BCUT2D eigenvalue weighted by Gasteiger charge is -2.19. The van der Waals surface area contributed by atoms with Crippen molar-refractivity contribution >= 4 is 21.4 Å². The summed E-state index contributed by atoms with van der Waals surface area (Å²) in [6.45, 7) is 0. The van der Waals surface area contributed by atoms with E-state index in [1.165, 1.54) is 37.9 Å². The number of nitrogens with two attached hydrogens (primary N) is 1. The first kappa shape index (κ1) is 12.3. The molecule has 0 amide bonds. The molecule has 2 aromatic heterocycles. The number of nitrogens with zero attached hydrogens (tertiary/aromatic N) is 3. The number of anilines is 2. The molecule has 0 saturated carbocycles. The second-order valence-corrected chi connectivity index (χ2v) is 5.53. The van der Waals surface area contributed by atoms with E-state index in [0.29, 0.717) is 5.69 Å². The molecule has 94 valence electrons. The second kappa shape index (κ2) is 4.61. The van der Waals surface area contributed by atoms with Gasteiger partial charge in [-0.1, -0.05) is 0 Å². The zero-order valence-electron chi connectivity index (χ0n) is 9.69. The first-order valence-electron chi connectivity index (χ1n) is 5.12. The molecule has 2 aromatic rings. The quantitative estimate of drug-likeness (QED) is 0.889. The predicted octanol–water partition coefficient (Wildman–Crippen LogP) is 0.884. The molecule has 0 fully saturated rings. The van der Waals surface area contributed by atoms with Crippen molar-refractivity contribution < 1.29 is 8.42 Å². The Morgan fingerprint density at radius 2 is 1.72 bits per heavy atom. The molecule has 2 heterocycles. The molecule has 0 aliphatic rings. The average molecular weight is 264 g/mol. The summed E-state index contributed by atoms with van der Waals surface area (Å²) in [5.41, 5.74) is 6.34. The Balaban J connectivity index is 2.48. The van der Waals surface area contributed by atoms with E-state index in [9.17, 15) is 8.42 Å². The van der Waals surface area contributed by atoms with Crippen LogP contribution in [-0.2, 0) is 10.0 Å². The summed E-state index contributed by atoms with van der Waals surface area (Å²) >= 11 is 0. The fraction of sp³-hybridized carbons (Fsp3) is 0.0909. The molecule has 18 heavy (non-hydrogen) atoms. The van der Waals surface area contributed by atoms with Gasteiger partial charge in [-0.05, 0) is 18.2 Å². The van der Waals surface area contributed by atoms with E-state index < -0.39 is 10.0 Å². The Morgan fingerprint density at radius 1 is 1.11 bits per heavy atom. The second-order valence-electron chi connectivity index (χ2n) is 3.59. The molecular weight excluding hydrogens is 252 g/mol. The summed E-state index contributed by atoms with van der Waals surface area (Å²) in [5, 5.41) is 0. The highest BCUT2D eigenvalue weighted by Gasteiger charge is 2.23. The van der Waals surface area contributed by atoms with Crippen molar-refractivity contribution in [2.45, 2.75) is 4.90 Å². The van der Waals surface area contributed by atoms with Crippen molar-refractivity contribution in [3.05, 3.63) is 43.0 Å². The van der Waals surface area contributed by atoms with Gasteiger partial charge in [0.25, 0.3) is 10.0 Å². The lowest BCUT2D eigenvalue weighted by Crippen LogP contribution is -2.27. The first-order chi connectivity index (χ1) is 8.53. The molecule has 0 unspecified atom stereocenters. The maximum Gasteiger partial charge on any atom is 0.267 e. The molecule has 0 radical (unpaired) electrons. The normalized spacial score (nSPS) is 11.2. The number of nitrogen functional groups attached to an aromatic ring is 1. The SMILES string of the molecule is CN(c1ccncc1)S(=O)(=O)c1cnccc1N. The Labute approximate surface area is 105 Å². The maximum atomic E-state index is 12.3. The highest BCUT2D eigenvalue weighted by molar-refractivity contribution is 7.93. The number of hydrogen-bond acceptors (Lipinski definition) is 5. The molecule has 6 nitrogen and oxygen atoms in total. The lowest BCUT2D eigenvalue weighted by molar-refractivity contribution is 0.594. The van der Waals surface area contributed by atoms with Gasteiger partial charge in [0.1, 0.15) is 4.90 Å². The van der Waals surface area contributed by atoms with Gasteiger partial charge in [0.2, 0.25) is 0 Å². The molecule has 0 aromatic carbocycles. The van der Waals surface area contributed by atoms with Crippen LogP contribution in [0.15, 0.2) is 47.9 Å². The molecule has 2 rings (SSSR count). The van der Waals surface area contributed by atoms with Crippen molar-refractivity contribution in [2.24, 2.45) is 0 Å². The van der Waals surface area contributed by atoms with Gasteiger partial charge in [0.05, 0.1) is 11.4 Å². The van der Waals surface area contributed by atoms with Crippen molar-refractivity contribution in [3.8, 4) is 0 Å². The van der Waals surface area contributed by atoms with Gasteiger partial charge in [0, 0.05) is 31.8 Å². The fourth-order valence-corrected chi connectivity index (χ4v) is 2.70. The summed E-state index contributed by atoms with van der Waals surface area (Å²) in [4.78, 5) is 7.62. The monoisotopic (exact) mass is 264 g/mol. The minimum absolute atomic E-state index is 0.00990. The Bertz CT molecular complexity index is 643. The Kier molecular flexibility index (Phi) is 3.15. The zero-order valence-corrected chi connectivity index (χ0v) is 10.5. The van der Waals surface area contributed by atoms with Crippen LogP contribution < -0.4 is 10.0 Å². The number of pyridine rings is 2. The van der Waals surface area contributed by atoms with Crippen LogP contribution in [0.1, 0.15) is 0 Å². The van der Waals surface area contributed by atoms with Gasteiger partial charge in [-0.3, -0.25) is 14.3 Å². The van der Waals surface area contributed by atoms with E-state index in [2.05, 4.69) is 9.97 Å². The van der Waals surface area contributed by atoms with E-state index in [1.807, 2.05) is 0 Å². The number of aromatic nitrogens is 2. The Morgan fingerprint density at radius 3 is 2.33 bits per heavy atom. The van der Waals surface area contributed by atoms with Crippen LogP contribution >= 0.6 is 0 Å². The van der Waals surface area contributed by atoms with Crippen molar-refractivity contribution in [2.75, 3.05) is 17.1 Å². The van der Waals surface area contributed by atoms with E-state index in [4.69, 9.17) is 5.73 Å². The van der Waals surface area contributed by atoms with E-state index in [0.717, 1.165) is 4.31 Å². The van der Waals surface area contributed by atoms with Gasteiger partial charge >= 0.3 is 0 Å². The third-order valence-electron chi connectivity index (χ3n) is 2.48. The van der Waals surface area contributed by atoms with E-state index >= 15 is 0 Å². The number of sulfonamides is 1. The first-order valence-corrected chi connectivity index (χ1v) is 6.56. The molecule has 0 bridgehead atoms. The van der Waals surface area contributed by atoms with Crippen molar-refractivity contribution in [1.82, 2.24) is 9.97 Å². The molecular formula is C11H12N4O2S.